The first-order valence-corrected chi connectivity index (χ1v) is 11.9. The molecule has 1 unspecified atom stereocenters. The molecule has 2 aromatic heterocycles. The number of aromatic amines is 1. The maximum atomic E-state index is 12.9. The maximum absolute atomic E-state index is 12.9. The van der Waals surface area contributed by atoms with Gasteiger partial charge in [0.15, 0.2) is 0 Å². The Hall–Kier alpha value is -2.54. The normalized spacial score (nSPS) is 19.3. The van der Waals surface area contributed by atoms with Crippen LogP contribution in [-0.4, -0.2) is 31.2 Å². The van der Waals surface area contributed by atoms with Gasteiger partial charge in [0.1, 0.15) is 13.1 Å². The molecule has 31 heavy (non-hydrogen) atoms. The minimum absolute atomic E-state index is 0.0316. The van der Waals surface area contributed by atoms with Gasteiger partial charge in [-0.25, -0.2) is 4.68 Å². The largest absolute Gasteiger partial charge is 0.322 e. The molecule has 2 saturated carbocycles. The van der Waals surface area contributed by atoms with Crippen molar-refractivity contribution in [1.82, 2.24) is 25.2 Å². The number of aromatic nitrogens is 5. The number of nitrogens with one attached hydrogen (secondary N) is 2. The van der Waals surface area contributed by atoms with E-state index in [-0.39, 0.29) is 5.56 Å². The molecule has 0 aliphatic heterocycles. The molecule has 1 atom stereocenters. The van der Waals surface area contributed by atoms with Crippen LogP contribution >= 0.6 is 0 Å². The summed E-state index contributed by atoms with van der Waals surface area (Å²) in [5, 5.41) is 13.9. The monoisotopic (exact) mass is 421 g/mol. The first-order valence-electron chi connectivity index (χ1n) is 11.9. The second-order valence-corrected chi connectivity index (χ2v) is 9.49. The highest BCUT2D eigenvalue weighted by molar-refractivity contribution is 5.81. The van der Waals surface area contributed by atoms with E-state index in [0.29, 0.717) is 18.6 Å². The van der Waals surface area contributed by atoms with E-state index in [4.69, 9.17) is 0 Å². The summed E-state index contributed by atoms with van der Waals surface area (Å²) in [7, 11) is 0. The van der Waals surface area contributed by atoms with Crippen molar-refractivity contribution in [2.24, 2.45) is 0 Å². The number of para-hydroxylation sites is 1. The Kier molecular flexibility index (Phi) is 5.85. The summed E-state index contributed by atoms with van der Waals surface area (Å²) in [6.45, 7) is 3.53. The number of fused-ring (bicyclic) bond motifs is 1. The summed E-state index contributed by atoms with van der Waals surface area (Å²) in [4.78, 5) is 17.5. The molecular weight excluding hydrogens is 388 g/mol. The van der Waals surface area contributed by atoms with Gasteiger partial charge in [-0.05, 0) is 72.9 Å². The van der Waals surface area contributed by atoms with Gasteiger partial charge in [0, 0.05) is 0 Å². The topological polar surface area (TPSA) is 80.9 Å². The second-order valence-electron chi connectivity index (χ2n) is 9.49. The van der Waals surface area contributed by atoms with Crippen LogP contribution in [0.2, 0.25) is 0 Å². The minimum Gasteiger partial charge on any atom is -0.322 e. The second kappa shape index (κ2) is 8.91. The number of benzene rings is 1. The lowest BCUT2D eigenvalue weighted by Crippen LogP contribution is -3.13. The van der Waals surface area contributed by atoms with E-state index >= 15 is 0 Å². The Labute approximate surface area is 182 Å². The van der Waals surface area contributed by atoms with Crippen LogP contribution < -0.4 is 10.5 Å². The molecule has 7 nitrogen and oxygen atoms in total. The number of pyridine rings is 1. The SMILES string of the molecule is Cc1cccc2cc(C[NH+](Cc3nnnn3C3CCCCC3)C3CCCC3)c(=O)[nH]c12. The zero-order valence-corrected chi connectivity index (χ0v) is 18.4. The smallest absolute Gasteiger partial charge is 0.257 e. The van der Waals surface area contributed by atoms with Gasteiger partial charge in [0.05, 0.1) is 23.2 Å². The lowest BCUT2D eigenvalue weighted by Gasteiger charge is -2.27. The van der Waals surface area contributed by atoms with Crippen LogP contribution in [0, 0.1) is 6.92 Å². The lowest BCUT2D eigenvalue weighted by molar-refractivity contribution is -0.952. The first-order chi connectivity index (χ1) is 15.2. The number of hydrogen-bond acceptors (Lipinski definition) is 4. The van der Waals surface area contributed by atoms with Crippen molar-refractivity contribution in [3.63, 3.8) is 0 Å². The molecule has 164 valence electrons. The number of rotatable bonds is 6. The Morgan fingerprint density at radius 2 is 1.84 bits per heavy atom. The standard InChI is InChI=1S/C24H32N6O/c1-17-8-7-9-18-14-19(24(31)25-23(17)18)15-29(20-10-5-6-11-20)16-22-26-27-28-30(22)21-12-3-2-4-13-21/h7-9,14,20-21H,2-6,10-13,15-16H2,1H3,(H,25,31)/p+1. The van der Waals surface area contributed by atoms with Crippen LogP contribution in [0.5, 0.6) is 0 Å². The van der Waals surface area contributed by atoms with Gasteiger partial charge in [-0.1, -0.05) is 37.5 Å². The number of H-pyrrole nitrogens is 1. The van der Waals surface area contributed by atoms with Gasteiger partial charge in [-0.3, -0.25) is 4.79 Å². The van der Waals surface area contributed by atoms with E-state index in [9.17, 15) is 4.79 Å². The highest BCUT2D eigenvalue weighted by Gasteiger charge is 2.30. The van der Waals surface area contributed by atoms with Gasteiger partial charge in [0.2, 0.25) is 5.82 Å². The van der Waals surface area contributed by atoms with E-state index in [1.54, 1.807) is 0 Å². The summed E-state index contributed by atoms with van der Waals surface area (Å²) in [6.07, 6.45) is 11.1. The average molecular weight is 422 g/mol. The molecule has 2 heterocycles. The molecule has 0 radical (unpaired) electrons. The van der Waals surface area contributed by atoms with Crippen molar-refractivity contribution in [3.05, 3.63) is 51.6 Å². The van der Waals surface area contributed by atoms with Gasteiger partial charge in [-0.15, -0.1) is 5.10 Å². The lowest BCUT2D eigenvalue weighted by atomic mass is 9.95. The van der Waals surface area contributed by atoms with Crippen molar-refractivity contribution in [2.45, 2.75) is 89.9 Å². The van der Waals surface area contributed by atoms with E-state index < -0.39 is 0 Å². The minimum atomic E-state index is 0.0316. The van der Waals surface area contributed by atoms with E-state index in [2.05, 4.69) is 43.4 Å². The molecule has 5 rings (SSSR count). The van der Waals surface area contributed by atoms with Gasteiger partial charge >= 0.3 is 0 Å². The van der Waals surface area contributed by atoms with Gasteiger partial charge in [-0.2, -0.15) is 0 Å². The summed E-state index contributed by atoms with van der Waals surface area (Å²) >= 11 is 0. The number of nitrogens with zero attached hydrogens (tertiary/aromatic N) is 4. The fourth-order valence-corrected chi connectivity index (χ4v) is 5.63. The van der Waals surface area contributed by atoms with Gasteiger partial charge < -0.3 is 9.88 Å². The Bertz CT molecular complexity index is 1090. The first kappa shape index (κ1) is 20.4. The van der Waals surface area contributed by atoms with Crippen molar-refractivity contribution >= 4 is 10.9 Å². The van der Waals surface area contributed by atoms with Gasteiger partial charge in [0.25, 0.3) is 5.56 Å². The van der Waals surface area contributed by atoms with Crippen molar-refractivity contribution in [2.75, 3.05) is 0 Å². The highest BCUT2D eigenvalue weighted by atomic mass is 16.1. The summed E-state index contributed by atoms with van der Waals surface area (Å²) in [6, 6.07) is 9.25. The predicted molar refractivity (Wildman–Crippen MR) is 120 cm³/mol. The third-order valence-corrected chi connectivity index (χ3v) is 7.38. The Morgan fingerprint density at radius 3 is 2.65 bits per heavy atom. The molecule has 0 amide bonds. The van der Waals surface area contributed by atoms with E-state index in [0.717, 1.165) is 34.4 Å². The van der Waals surface area contributed by atoms with Crippen molar-refractivity contribution < 1.29 is 4.90 Å². The molecule has 3 aromatic rings. The summed E-state index contributed by atoms with van der Waals surface area (Å²) in [5.74, 6) is 0.974. The average Bonchev–Trinajstić information content (AvgIpc) is 3.47. The zero-order valence-electron chi connectivity index (χ0n) is 18.4. The Balaban J connectivity index is 1.43. The number of quaternary nitrogens is 1. The quantitative estimate of drug-likeness (QED) is 0.641. The third kappa shape index (κ3) is 4.28. The number of aryl methyl sites for hydroxylation is 1. The van der Waals surface area contributed by atoms with Crippen LogP contribution in [0.1, 0.15) is 80.8 Å². The zero-order chi connectivity index (χ0) is 21.2. The number of tetrazole rings is 1. The molecule has 0 spiro atoms. The van der Waals surface area contributed by atoms with Crippen LogP contribution in [0.15, 0.2) is 29.1 Å². The fourth-order valence-electron chi connectivity index (χ4n) is 5.63. The Morgan fingerprint density at radius 1 is 1.06 bits per heavy atom. The van der Waals surface area contributed by atoms with Crippen LogP contribution in [0.4, 0.5) is 0 Å². The van der Waals surface area contributed by atoms with Crippen LogP contribution in [-0.2, 0) is 13.1 Å². The van der Waals surface area contributed by atoms with Crippen LogP contribution in [0.25, 0.3) is 10.9 Å². The molecule has 7 heteroatoms. The molecule has 0 saturated heterocycles. The maximum Gasteiger partial charge on any atom is 0.257 e. The van der Waals surface area contributed by atoms with Crippen molar-refractivity contribution in [1.29, 1.82) is 0 Å². The number of hydrogen-bond donors (Lipinski definition) is 2. The summed E-state index contributed by atoms with van der Waals surface area (Å²) < 4.78 is 2.09. The molecule has 2 fully saturated rings. The van der Waals surface area contributed by atoms with Crippen molar-refractivity contribution in [3.8, 4) is 0 Å². The molecule has 2 aliphatic carbocycles. The molecule has 1 aromatic carbocycles. The molecule has 2 N–H and O–H groups in total. The predicted octanol–water partition coefficient (Wildman–Crippen LogP) is 2.86. The summed E-state index contributed by atoms with van der Waals surface area (Å²) in [5.41, 5.74) is 2.94. The highest BCUT2D eigenvalue weighted by Crippen LogP contribution is 2.27. The fraction of sp³-hybridized carbons (Fsp3) is 0.583. The van der Waals surface area contributed by atoms with Crippen LogP contribution in [0.3, 0.4) is 0 Å². The van der Waals surface area contributed by atoms with E-state index in [1.807, 2.05) is 13.0 Å². The third-order valence-electron chi connectivity index (χ3n) is 7.38. The molecular formula is C24H33N6O+. The van der Waals surface area contributed by atoms with E-state index in [1.165, 1.54) is 62.7 Å². The molecule has 0 bridgehead atoms. The molecule has 2 aliphatic rings.